The molecule has 0 aliphatic rings. The van der Waals surface area contributed by atoms with Crippen molar-refractivity contribution in [2.45, 2.75) is 39.3 Å². The van der Waals surface area contributed by atoms with Crippen LogP contribution in [0.25, 0.3) is 0 Å². The average molecular weight is 252 g/mol. The Hall–Kier alpha value is -1.46. The van der Waals surface area contributed by atoms with Crippen molar-refractivity contribution in [3.63, 3.8) is 0 Å². The Bertz CT molecular complexity index is 421. The van der Waals surface area contributed by atoms with E-state index in [0.29, 0.717) is 12.0 Å². The molecule has 2 atom stereocenters. The van der Waals surface area contributed by atoms with Crippen LogP contribution in [0, 0.1) is 17.0 Å². The molecular formula is C13H20N2O3. The summed E-state index contributed by atoms with van der Waals surface area (Å²) in [6.07, 6.45) is 0.665. The smallest absolute Gasteiger partial charge is 0.272 e. The second-order valence-corrected chi connectivity index (χ2v) is 4.55. The lowest BCUT2D eigenvalue weighted by Gasteiger charge is -2.21. The highest BCUT2D eigenvalue weighted by Crippen LogP contribution is 2.26. The Labute approximate surface area is 107 Å². The van der Waals surface area contributed by atoms with Gasteiger partial charge in [-0.1, -0.05) is 12.1 Å². The minimum Gasteiger partial charge on any atom is -0.396 e. The highest BCUT2D eigenvalue weighted by Gasteiger charge is 2.17. The van der Waals surface area contributed by atoms with Gasteiger partial charge in [-0.15, -0.1) is 0 Å². The van der Waals surface area contributed by atoms with Gasteiger partial charge in [0.2, 0.25) is 0 Å². The fourth-order valence-corrected chi connectivity index (χ4v) is 2.10. The van der Waals surface area contributed by atoms with E-state index in [-0.39, 0.29) is 29.3 Å². The number of aliphatic hydroxyl groups excluding tert-OH is 1. The molecule has 2 N–H and O–H groups in total. The maximum Gasteiger partial charge on any atom is 0.272 e. The van der Waals surface area contributed by atoms with Gasteiger partial charge in [0.05, 0.1) is 4.92 Å². The number of hydrogen-bond acceptors (Lipinski definition) is 4. The summed E-state index contributed by atoms with van der Waals surface area (Å²) in [6, 6.07) is 5.30. The number of nitrogens with zero attached hydrogens (tertiary/aromatic N) is 1. The fraction of sp³-hybridized carbons (Fsp3) is 0.538. The van der Waals surface area contributed by atoms with Gasteiger partial charge in [0, 0.05) is 30.3 Å². The van der Waals surface area contributed by atoms with Crippen LogP contribution in [0.5, 0.6) is 0 Å². The Balaban J connectivity index is 2.89. The van der Waals surface area contributed by atoms with E-state index in [2.05, 4.69) is 5.32 Å². The van der Waals surface area contributed by atoms with Crippen LogP contribution < -0.4 is 5.32 Å². The first-order valence-corrected chi connectivity index (χ1v) is 6.08. The summed E-state index contributed by atoms with van der Waals surface area (Å²) >= 11 is 0. The zero-order valence-corrected chi connectivity index (χ0v) is 11.0. The molecule has 18 heavy (non-hydrogen) atoms. The van der Waals surface area contributed by atoms with Crippen LogP contribution in [0.1, 0.15) is 37.4 Å². The molecule has 0 aliphatic heterocycles. The van der Waals surface area contributed by atoms with Crippen molar-refractivity contribution in [2.24, 2.45) is 0 Å². The van der Waals surface area contributed by atoms with Crippen LogP contribution in [0.3, 0.4) is 0 Å². The molecule has 1 aromatic rings. The maximum atomic E-state index is 10.9. The molecule has 100 valence electrons. The number of nitro benzene ring substituents is 1. The quantitative estimate of drug-likeness (QED) is 0.602. The standard InChI is InChI=1S/C13H20N2O3/c1-9(7-8-16)14-11(3)12-5-4-6-13(10(12)2)15(17)18/h4-6,9,11,14,16H,7-8H2,1-3H3/t9-,11?/m1/s1. The molecule has 0 saturated carbocycles. The fourth-order valence-electron chi connectivity index (χ4n) is 2.10. The second-order valence-electron chi connectivity index (χ2n) is 4.55. The molecule has 0 aliphatic carbocycles. The van der Waals surface area contributed by atoms with Crippen LogP contribution >= 0.6 is 0 Å². The van der Waals surface area contributed by atoms with E-state index in [1.54, 1.807) is 13.0 Å². The third-order valence-corrected chi connectivity index (χ3v) is 3.11. The van der Waals surface area contributed by atoms with Crippen LogP contribution in [0.15, 0.2) is 18.2 Å². The SMILES string of the molecule is Cc1c(C(C)N[C@H](C)CCO)cccc1[N+](=O)[O-]. The first-order chi connectivity index (χ1) is 8.47. The number of benzene rings is 1. The molecule has 1 rings (SSSR count). The highest BCUT2D eigenvalue weighted by molar-refractivity contribution is 5.45. The molecule has 5 nitrogen and oxygen atoms in total. The van der Waals surface area contributed by atoms with Crippen LogP contribution in [0.2, 0.25) is 0 Å². The van der Waals surface area contributed by atoms with Crippen molar-refractivity contribution in [1.82, 2.24) is 5.32 Å². The van der Waals surface area contributed by atoms with Gasteiger partial charge < -0.3 is 10.4 Å². The molecule has 0 radical (unpaired) electrons. The minimum absolute atomic E-state index is 0.0199. The van der Waals surface area contributed by atoms with E-state index in [1.165, 1.54) is 6.07 Å². The maximum absolute atomic E-state index is 10.9. The highest BCUT2D eigenvalue weighted by atomic mass is 16.6. The second kappa shape index (κ2) is 6.47. The van der Waals surface area contributed by atoms with Gasteiger partial charge in [0.15, 0.2) is 0 Å². The first-order valence-electron chi connectivity index (χ1n) is 6.08. The van der Waals surface area contributed by atoms with Crippen LogP contribution in [-0.4, -0.2) is 22.7 Å². The van der Waals surface area contributed by atoms with Gasteiger partial charge >= 0.3 is 0 Å². The number of nitrogens with one attached hydrogen (secondary N) is 1. The van der Waals surface area contributed by atoms with E-state index in [0.717, 1.165) is 5.56 Å². The van der Waals surface area contributed by atoms with Gasteiger partial charge in [-0.2, -0.15) is 0 Å². The third-order valence-electron chi connectivity index (χ3n) is 3.11. The number of hydrogen-bond donors (Lipinski definition) is 2. The number of aliphatic hydroxyl groups is 1. The molecule has 1 unspecified atom stereocenters. The molecule has 0 saturated heterocycles. The van der Waals surface area contributed by atoms with Crippen molar-refractivity contribution in [3.05, 3.63) is 39.4 Å². The van der Waals surface area contributed by atoms with E-state index in [1.807, 2.05) is 19.9 Å². The molecule has 5 heteroatoms. The van der Waals surface area contributed by atoms with Crippen LogP contribution in [0.4, 0.5) is 5.69 Å². The van der Waals surface area contributed by atoms with Gasteiger partial charge in [-0.25, -0.2) is 0 Å². The summed E-state index contributed by atoms with van der Waals surface area (Å²) in [5.41, 5.74) is 1.77. The normalized spacial score (nSPS) is 14.2. The minimum atomic E-state index is -0.358. The largest absolute Gasteiger partial charge is 0.396 e. The van der Waals surface area contributed by atoms with Crippen molar-refractivity contribution in [2.75, 3.05) is 6.61 Å². The number of rotatable bonds is 6. The summed E-state index contributed by atoms with van der Waals surface area (Å²) in [4.78, 5) is 10.5. The van der Waals surface area contributed by atoms with E-state index >= 15 is 0 Å². The zero-order valence-electron chi connectivity index (χ0n) is 11.0. The summed E-state index contributed by atoms with van der Waals surface area (Å²) in [5, 5.41) is 23.1. The first kappa shape index (κ1) is 14.6. The lowest BCUT2D eigenvalue weighted by atomic mass is 10.00. The summed E-state index contributed by atoms with van der Waals surface area (Å²) in [6.45, 7) is 5.86. The monoisotopic (exact) mass is 252 g/mol. The molecule has 0 heterocycles. The van der Waals surface area contributed by atoms with E-state index in [9.17, 15) is 10.1 Å². The topological polar surface area (TPSA) is 75.4 Å². The Morgan fingerprint density at radius 1 is 1.44 bits per heavy atom. The summed E-state index contributed by atoms with van der Waals surface area (Å²) < 4.78 is 0. The molecular weight excluding hydrogens is 232 g/mol. The summed E-state index contributed by atoms with van der Waals surface area (Å²) in [7, 11) is 0. The average Bonchev–Trinajstić information content (AvgIpc) is 2.28. The van der Waals surface area contributed by atoms with E-state index < -0.39 is 0 Å². The van der Waals surface area contributed by atoms with Gasteiger partial charge in [-0.3, -0.25) is 10.1 Å². The van der Waals surface area contributed by atoms with Crippen molar-refractivity contribution in [1.29, 1.82) is 0 Å². The predicted octanol–water partition coefficient (Wildman–Crippen LogP) is 2.32. The molecule has 0 bridgehead atoms. The summed E-state index contributed by atoms with van der Waals surface area (Å²) in [5.74, 6) is 0. The lowest BCUT2D eigenvalue weighted by Crippen LogP contribution is -2.30. The van der Waals surface area contributed by atoms with Gasteiger partial charge in [0.25, 0.3) is 5.69 Å². The molecule has 0 amide bonds. The molecule has 0 spiro atoms. The van der Waals surface area contributed by atoms with Crippen LogP contribution in [-0.2, 0) is 0 Å². The Morgan fingerprint density at radius 3 is 2.67 bits per heavy atom. The van der Waals surface area contributed by atoms with Crippen molar-refractivity contribution in [3.8, 4) is 0 Å². The number of nitro groups is 1. The van der Waals surface area contributed by atoms with Crippen molar-refractivity contribution >= 4 is 5.69 Å². The third kappa shape index (κ3) is 3.51. The molecule has 1 aromatic carbocycles. The predicted molar refractivity (Wildman–Crippen MR) is 70.5 cm³/mol. The van der Waals surface area contributed by atoms with Crippen molar-refractivity contribution < 1.29 is 10.0 Å². The Kier molecular flexibility index (Phi) is 5.25. The Morgan fingerprint density at radius 2 is 2.11 bits per heavy atom. The van der Waals surface area contributed by atoms with Gasteiger partial charge in [-0.05, 0) is 32.8 Å². The van der Waals surface area contributed by atoms with Gasteiger partial charge in [0.1, 0.15) is 0 Å². The molecule has 0 fully saturated rings. The zero-order chi connectivity index (χ0) is 13.7. The molecule has 0 aromatic heterocycles. The lowest BCUT2D eigenvalue weighted by molar-refractivity contribution is -0.385. The van der Waals surface area contributed by atoms with E-state index in [4.69, 9.17) is 5.11 Å².